The van der Waals surface area contributed by atoms with E-state index in [0.717, 1.165) is 35.7 Å². The molecule has 100 valence electrons. The molecule has 1 aliphatic rings. The van der Waals surface area contributed by atoms with Crippen LogP contribution in [-0.2, 0) is 6.42 Å². The van der Waals surface area contributed by atoms with Gasteiger partial charge in [0.15, 0.2) is 0 Å². The summed E-state index contributed by atoms with van der Waals surface area (Å²) in [6.45, 7) is 5.04. The van der Waals surface area contributed by atoms with Gasteiger partial charge in [-0.25, -0.2) is 4.39 Å². The van der Waals surface area contributed by atoms with Crippen LogP contribution < -0.4 is 10.6 Å². The summed E-state index contributed by atoms with van der Waals surface area (Å²) in [7, 11) is 0. The van der Waals surface area contributed by atoms with Gasteiger partial charge in [0.05, 0.1) is 5.69 Å². The van der Waals surface area contributed by atoms with Gasteiger partial charge < -0.3 is 10.6 Å². The highest BCUT2D eigenvalue weighted by atomic mass is 32.2. The van der Waals surface area contributed by atoms with Gasteiger partial charge in [-0.15, -0.1) is 0 Å². The number of halogens is 1. The molecule has 0 aromatic heterocycles. The molecule has 18 heavy (non-hydrogen) atoms. The van der Waals surface area contributed by atoms with Crippen molar-refractivity contribution in [2.75, 3.05) is 23.0 Å². The van der Waals surface area contributed by atoms with Crippen molar-refractivity contribution in [3.8, 4) is 0 Å². The van der Waals surface area contributed by atoms with E-state index in [1.165, 1.54) is 0 Å². The lowest BCUT2D eigenvalue weighted by atomic mass is 10.0. The maximum absolute atomic E-state index is 14.2. The summed E-state index contributed by atoms with van der Waals surface area (Å²) in [4.78, 5) is 2.20. The first kappa shape index (κ1) is 13.7. The SMILES string of the molecule is CC(N)Cc1cccc(F)c1N1CCSCC1C. The summed E-state index contributed by atoms with van der Waals surface area (Å²) < 4.78 is 14.2. The Morgan fingerprint density at radius 2 is 2.33 bits per heavy atom. The molecule has 1 aromatic rings. The van der Waals surface area contributed by atoms with Crippen LogP contribution in [0.5, 0.6) is 0 Å². The van der Waals surface area contributed by atoms with Crippen molar-refractivity contribution in [3.05, 3.63) is 29.6 Å². The summed E-state index contributed by atoms with van der Waals surface area (Å²) in [5.74, 6) is 2.01. The Bertz CT molecular complexity index is 409. The van der Waals surface area contributed by atoms with Crippen LogP contribution in [0.3, 0.4) is 0 Å². The van der Waals surface area contributed by atoms with Crippen LogP contribution in [0, 0.1) is 5.82 Å². The molecule has 2 atom stereocenters. The van der Waals surface area contributed by atoms with Gasteiger partial charge in [0.25, 0.3) is 0 Å². The predicted octanol–water partition coefficient (Wildman–Crippen LogP) is 2.66. The topological polar surface area (TPSA) is 29.3 Å². The first-order chi connectivity index (χ1) is 8.59. The van der Waals surface area contributed by atoms with Crippen molar-refractivity contribution in [2.24, 2.45) is 5.73 Å². The quantitative estimate of drug-likeness (QED) is 0.914. The Hall–Kier alpha value is -0.740. The molecule has 4 heteroatoms. The molecule has 2 nitrogen and oxygen atoms in total. The molecule has 1 aromatic carbocycles. The van der Waals surface area contributed by atoms with Crippen molar-refractivity contribution in [2.45, 2.75) is 32.4 Å². The zero-order chi connectivity index (χ0) is 13.1. The molecular weight excluding hydrogens is 247 g/mol. The van der Waals surface area contributed by atoms with Gasteiger partial charge in [-0.3, -0.25) is 0 Å². The Balaban J connectivity index is 2.34. The largest absolute Gasteiger partial charge is 0.365 e. The number of anilines is 1. The highest BCUT2D eigenvalue weighted by Crippen LogP contribution is 2.30. The first-order valence-electron chi connectivity index (χ1n) is 6.47. The molecule has 0 spiro atoms. The summed E-state index contributed by atoms with van der Waals surface area (Å²) in [5.41, 5.74) is 7.66. The average molecular weight is 268 g/mol. The molecular formula is C14H21FN2S. The number of para-hydroxylation sites is 1. The maximum Gasteiger partial charge on any atom is 0.146 e. The molecule has 0 radical (unpaired) electrons. The van der Waals surface area contributed by atoms with E-state index in [4.69, 9.17) is 5.73 Å². The van der Waals surface area contributed by atoms with Gasteiger partial charge in [-0.05, 0) is 31.9 Å². The third-order valence-corrected chi connectivity index (χ3v) is 4.46. The minimum Gasteiger partial charge on any atom is -0.365 e. The van der Waals surface area contributed by atoms with Crippen LogP contribution in [0.2, 0.25) is 0 Å². The molecule has 1 fully saturated rings. The highest BCUT2D eigenvalue weighted by molar-refractivity contribution is 7.99. The lowest BCUT2D eigenvalue weighted by Crippen LogP contribution is -2.41. The summed E-state index contributed by atoms with van der Waals surface area (Å²) >= 11 is 1.94. The zero-order valence-corrected chi connectivity index (χ0v) is 11.8. The lowest BCUT2D eigenvalue weighted by molar-refractivity contribution is 0.597. The molecule has 2 rings (SSSR count). The van der Waals surface area contributed by atoms with Crippen LogP contribution in [0.1, 0.15) is 19.4 Å². The van der Waals surface area contributed by atoms with Crippen LogP contribution in [0.15, 0.2) is 18.2 Å². The number of hydrogen-bond donors (Lipinski definition) is 1. The molecule has 2 N–H and O–H groups in total. The molecule has 2 unspecified atom stereocenters. The van der Waals surface area contributed by atoms with Gasteiger partial charge in [-0.1, -0.05) is 12.1 Å². The summed E-state index contributed by atoms with van der Waals surface area (Å²) in [6, 6.07) is 5.76. The normalized spacial score (nSPS) is 22.0. The minimum atomic E-state index is -0.119. The molecule has 1 aliphatic heterocycles. The Morgan fingerprint density at radius 1 is 1.56 bits per heavy atom. The van der Waals surface area contributed by atoms with E-state index in [1.807, 2.05) is 24.8 Å². The van der Waals surface area contributed by atoms with Crippen LogP contribution in [-0.4, -0.2) is 30.1 Å². The standard InChI is InChI=1S/C14H21FN2S/c1-10(16)8-12-4-3-5-13(15)14(12)17-6-7-18-9-11(17)2/h3-5,10-11H,6-9,16H2,1-2H3. The smallest absolute Gasteiger partial charge is 0.146 e. The molecule has 0 saturated carbocycles. The van der Waals surface area contributed by atoms with Crippen LogP contribution in [0.25, 0.3) is 0 Å². The third kappa shape index (κ3) is 2.98. The minimum absolute atomic E-state index is 0.0556. The Labute approximate surface area is 113 Å². The second-order valence-corrected chi connectivity index (χ2v) is 6.20. The molecule has 0 aliphatic carbocycles. The fraction of sp³-hybridized carbons (Fsp3) is 0.571. The number of hydrogen-bond acceptors (Lipinski definition) is 3. The molecule has 0 bridgehead atoms. The summed E-state index contributed by atoms with van der Waals surface area (Å²) in [5, 5.41) is 0. The molecule has 1 heterocycles. The van der Waals surface area contributed by atoms with E-state index in [2.05, 4.69) is 11.8 Å². The summed E-state index contributed by atoms with van der Waals surface area (Å²) in [6.07, 6.45) is 0.726. The second-order valence-electron chi connectivity index (χ2n) is 5.05. The van der Waals surface area contributed by atoms with E-state index >= 15 is 0 Å². The second kappa shape index (κ2) is 5.93. The lowest BCUT2D eigenvalue weighted by Gasteiger charge is -2.36. The number of benzene rings is 1. The maximum atomic E-state index is 14.2. The van der Waals surface area contributed by atoms with E-state index < -0.39 is 0 Å². The van der Waals surface area contributed by atoms with Gasteiger partial charge in [0.1, 0.15) is 5.82 Å². The van der Waals surface area contributed by atoms with Gasteiger partial charge >= 0.3 is 0 Å². The number of thioether (sulfide) groups is 1. The first-order valence-corrected chi connectivity index (χ1v) is 7.62. The van der Waals surface area contributed by atoms with Crippen LogP contribution in [0.4, 0.5) is 10.1 Å². The third-order valence-electron chi connectivity index (χ3n) is 3.27. The van der Waals surface area contributed by atoms with E-state index in [9.17, 15) is 4.39 Å². The number of nitrogens with two attached hydrogens (primary N) is 1. The van der Waals surface area contributed by atoms with Gasteiger partial charge in [0, 0.05) is 30.1 Å². The monoisotopic (exact) mass is 268 g/mol. The van der Waals surface area contributed by atoms with Gasteiger partial charge in [-0.2, -0.15) is 11.8 Å². The Morgan fingerprint density at radius 3 is 3.00 bits per heavy atom. The van der Waals surface area contributed by atoms with Crippen molar-refractivity contribution in [3.63, 3.8) is 0 Å². The molecule has 1 saturated heterocycles. The number of nitrogens with zero attached hydrogens (tertiary/aromatic N) is 1. The van der Waals surface area contributed by atoms with E-state index in [-0.39, 0.29) is 11.9 Å². The van der Waals surface area contributed by atoms with E-state index in [1.54, 1.807) is 12.1 Å². The van der Waals surface area contributed by atoms with Crippen molar-refractivity contribution < 1.29 is 4.39 Å². The fourth-order valence-corrected chi connectivity index (χ4v) is 3.47. The van der Waals surface area contributed by atoms with Crippen molar-refractivity contribution in [1.29, 1.82) is 0 Å². The average Bonchev–Trinajstić information content (AvgIpc) is 2.30. The Kier molecular flexibility index (Phi) is 4.51. The van der Waals surface area contributed by atoms with Crippen molar-refractivity contribution >= 4 is 17.4 Å². The highest BCUT2D eigenvalue weighted by Gasteiger charge is 2.24. The molecule has 0 amide bonds. The predicted molar refractivity (Wildman–Crippen MR) is 77.9 cm³/mol. The van der Waals surface area contributed by atoms with Crippen LogP contribution >= 0.6 is 11.8 Å². The van der Waals surface area contributed by atoms with Gasteiger partial charge in [0.2, 0.25) is 0 Å². The van der Waals surface area contributed by atoms with Crippen molar-refractivity contribution in [1.82, 2.24) is 0 Å². The zero-order valence-electron chi connectivity index (χ0n) is 11.0. The van der Waals surface area contributed by atoms with E-state index in [0.29, 0.717) is 6.04 Å². The number of rotatable bonds is 3. The fourth-order valence-electron chi connectivity index (χ4n) is 2.45.